The Balaban J connectivity index is 1.98. The Bertz CT molecular complexity index is 584. The maximum atomic E-state index is 9.78. The zero-order chi connectivity index (χ0) is 14.3. The highest BCUT2D eigenvalue weighted by Crippen LogP contribution is 2.47. The molecule has 104 valence electrons. The number of nitriles is 1. The zero-order valence-electron chi connectivity index (χ0n) is 10.8. The second-order valence-corrected chi connectivity index (χ2v) is 7.12. The smallest absolute Gasteiger partial charge is 0.133 e. The summed E-state index contributed by atoms with van der Waals surface area (Å²) < 4.78 is 0.647. The van der Waals surface area contributed by atoms with Crippen molar-refractivity contribution in [3.63, 3.8) is 0 Å². The van der Waals surface area contributed by atoms with Gasteiger partial charge in [-0.25, -0.2) is 0 Å². The quantitative estimate of drug-likeness (QED) is 0.635. The molecule has 0 radical (unpaired) electrons. The molecule has 0 N–H and O–H groups in total. The van der Waals surface area contributed by atoms with Crippen LogP contribution in [-0.4, -0.2) is 26.3 Å². The molecule has 20 heavy (non-hydrogen) atoms. The summed E-state index contributed by atoms with van der Waals surface area (Å²) in [4.78, 5) is 6.34. The Hall–Kier alpha value is -0.830. The third-order valence-electron chi connectivity index (χ3n) is 4.48. The number of thiol groups is 1. The first-order valence-electron chi connectivity index (χ1n) is 6.59. The number of hydrogen-bond acceptors (Lipinski definition) is 3. The van der Waals surface area contributed by atoms with Crippen LogP contribution >= 0.6 is 36.4 Å². The van der Waals surface area contributed by atoms with Crippen molar-refractivity contribution in [2.24, 2.45) is 0 Å². The number of nitrogens with zero attached hydrogens (tertiary/aromatic N) is 3. The van der Waals surface area contributed by atoms with Gasteiger partial charge in [-0.2, -0.15) is 5.26 Å². The standard InChI is InChI=1S/C14H14ClN3S2/c15-10-3-9(6-17-7-10)14(8-16)4-11-1-2-12(5-14)18(11)13(19)20/h3,6-7,11-12H,1-2,4-5H2,(H,19,20). The van der Waals surface area contributed by atoms with Gasteiger partial charge in [0, 0.05) is 24.5 Å². The molecule has 2 saturated heterocycles. The fraction of sp³-hybridized carbons (Fsp3) is 0.500. The van der Waals surface area contributed by atoms with Gasteiger partial charge in [-0.1, -0.05) is 23.8 Å². The van der Waals surface area contributed by atoms with Gasteiger partial charge < -0.3 is 4.90 Å². The van der Waals surface area contributed by atoms with Gasteiger partial charge in [0.1, 0.15) is 4.32 Å². The lowest BCUT2D eigenvalue weighted by atomic mass is 9.72. The van der Waals surface area contributed by atoms with Crippen molar-refractivity contribution in [3.05, 3.63) is 29.0 Å². The molecule has 0 aliphatic carbocycles. The molecular weight excluding hydrogens is 310 g/mol. The topological polar surface area (TPSA) is 39.9 Å². The van der Waals surface area contributed by atoms with Gasteiger partial charge in [0.05, 0.1) is 16.5 Å². The summed E-state index contributed by atoms with van der Waals surface area (Å²) in [5.41, 5.74) is 0.424. The van der Waals surface area contributed by atoms with E-state index < -0.39 is 5.41 Å². The zero-order valence-corrected chi connectivity index (χ0v) is 13.3. The molecule has 2 fully saturated rings. The number of fused-ring (bicyclic) bond motifs is 2. The highest BCUT2D eigenvalue weighted by Gasteiger charge is 2.50. The Labute approximate surface area is 134 Å². The van der Waals surface area contributed by atoms with Gasteiger partial charge in [0.25, 0.3) is 0 Å². The molecule has 3 rings (SSSR count). The third-order valence-corrected chi connectivity index (χ3v) is 5.13. The lowest BCUT2D eigenvalue weighted by Gasteiger charge is -2.43. The third kappa shape index (κ3) is 2.20. The molecule has 0 aromatic carbocycles. The van der Waals surface area contributed by atoms with E-state index in [4.69, 9.17) is 23.8 Å². The van der Waals surface area contributed by atoms with Crippen molar-refractivity contribution in [3.8, 4) is 6.07 Å². The van der Waals surface area contributed by atoms with Gasteiger partial charge in [0.15, 0.2) is 0 Å². The minimum Gasteiger partial charge on any atom is -0.352 e. The summed E-state index contributed by atoms with van der Waals surface area (Å²) in [5.74, 6) is 0. The number of pyridine rings is 1. The Morgan fingerprint density at radius 3 is 2.60 bits per heavy atom. The maximum absolute atomic E-state index is 9.78. The normalized spacial score (nSPS) is 31.9. The van der Waals surface area contributed by atoms with E-state index in [2.05, 4.69) is 28.6 Å². The molecule has 2 unspecified atom stereocenters. The summed E-state index contributed by atoms with van der Waals surface area (Å²) in [6.07, 6.45) is 7.04. The van der Waals surface area contributed by atoms with Crippen LogP contribution in [0, 0.1) is 11.3 Å². The molecule has 6 heteroatoms. The molecule has 2 aliphatic rings. The van der Waals surface area contributed by atoms with Gasteiger partial charge in [0.2, 0.25) is 0 Å². The fourth-order valence-corrected chi connectivity index (χ4v) is 4.43. The van der Waals surface area contributed by atoms with E-state index in [1.165, 1.54) is 0 Å². The summed E-state index contributed by atoms with van der Waals surface area (Å²) in [7, 11) is 0. The highest BCUT2D eigenvalue weighted by molar-refractivity contribution is 8.10. The number of aromatic nitrogens is 1. The number of halogens is 1. The van der Waals surface area contributed by atoms with Crippen molar-refractivity contribution >= 4 is 40.8 Å². The van der Waals surface area contributed by atoms with E-state index in [0.717, 1.165) is 31.2 Å². The van der Waals surface area contributed by atoms with Crippen LogP contribution in [0.3, 0.4) is 0 Å². The Kier molecular flexibility index (Phi) is 3.65. The van der Waals surface area contributed by atoms with Crippen LogP contribution < -0.4 is 0 Å². The molecular formula is C14H14ClN3S2. The summed E-state index contributed by atoms with van der Waals surface area (Å²) in [6.45, 7) is 0. The largest absolute Gasteiger partial charge is 0.352 e. The monoisotopic (exact) mass is 323 g/mol. The average Bonchev–Trinajstić information content (AvgIpc) is 2.71. The Morgan fingerprint density at radius 2 is 2.10 bits per heavy atom. The summed E-state index contributed by atoms with van der Waals surface area (Å²) in [6, 6.07) is 5.00. The lowest BCUT2D eigenvalue weighted by Crippen LogP contribution is -2.50. The lowest BCUT2D eigenvalue weighted by molar-refractivity contribution is 0.188. The predicted molar refractivity (Wildman–Crippen MR) is 86.0 cm³/mol. The van der Waals surface area contributed by atoms with Crippen LogP contribution in [0.2, 0.25) is 5.02 Å². The average molecular weight is 324 g/mol. The van der Waals surface area contributed by atoms with Crippen LogP contribution in [0.4, 0.5) is 0 Å². The van der Waals surface area contributed by atoms with Crippen molar-refractivity contribution in [2.75, 3.05) is 0 Å². The van der Waals surface area contributed by atoms with Crippen LogP contribution in [0.25, 0.3) is 0 Å². The van der Waals surface area contributed by atoms with E-state index >= 15 is 0 Å². The number of thiocarbonyl (C=S) groups is 1. The molecule has 2 bridgehead atoms. The van der Waals surface area contributed by atoms with Crippen LogP contribution in [0.5, 0.6) is 0 Å². The fourth-order valence-electron chi connectivity index (χ4n) is 3.63. The minimum atomic E-state index is -0.501. The van der Waals surface area contributed by atoms with E-state index in [1.54, 1.807) is 12.4 Å². The molecule has 0 saturated carbocycles. The van der Waals surface area contributed by atoms with Gasteiger partial charge in [-0.05, 0) is 37.3 Å². The number of piperidine rings is 1. The SMILES string of the molecule is N#CC1(c2cncc(Cl)c2)CC2CCC(C1)N2C(=S)S. The van der Waals surface area contributed by atoms with E-state index in [1.807, 2.05) is 6.07 Å². The Morgan fingerprint density at radius 1 is 1.45 bits per heavy atom. The first-order valence-corrected chi connectivity index (χ1v) is 7.82. The second-order valence-electron chi connectivity index (χ2n) is 5.57. The molecule has 2 aliphatic heterocycles. The van der Waals surface area contributed by atoms with Crippen molar-refractivity contribution in [2.45, 2.75) is 43.2 Å². The second kappa shape index (κ2) is 5.18. The van der Waals surface area contributed by atoms with Crippen molar-refractivity contribution in [1.82, 2.24) is 9.88 Å². The molecule has 0 spiro atoms. The van der Waals surface area contributed by atoms with Gasteiger partial charge >= 0.3 is 0 Å². The van der Waals surface area contributed by atoms with E-state index in [0.29, 0.717) is 21.4 Å². The molecule has 3 heterocycles. The maximum Gasteiger partial charge on any atom is 0.133 e. The van der Waals surface area contributed by atoms with Gasteiger partial charge in [-0.3, -0.25) is 4.98 Å². The molecule has 1 aromatic heterocycles. The highest BCUT2D eigenvalue weighted by atomic mass is 35.5. The summed E-state index contributed by atoms with van der Waals surface area (Å²) >= 11 is 15.6. The number of rotatable bonds is 1. The minimum absolute atomic E-state index is 0.303. The number of hydrogen-bond donors (Lipinski definition) is 1. The first-order chi connectivity index (χ1) is 9.55. The molecule has 0 amide bonds. The first kappa shape index (κ1) is 14.1. The van der Waals surface area contributed by atoms with Gasteiger partial charge in [-0.15, -0.1) is 12.6 Å². The van der Waals surface area contributed by atoms with E-state index in [-0.39, 0.29) is 0 Å². The van der Waals surface area contributed by atoms with Crippen molar-refractivity contribution < 1.29 is 0 Å². The van der Waals surface area contributed by atoms with Crippen LogP contribution in [-0.2, 0) is 5.41 Å². The summed E-state index contributed by atoms with van der Waals surface area (Å²) in [5, 5.41) is 10.4. The molecule has 1 aromatic rings. The molecule has 3 nitrogen and oxygen atoms in total. The molecule has 2 atom stereocenters. The van der Waals surface area contributed by atoms with Crippen LogP contribution in [0.15, 0.2) is 18.5 Å². The van der Waals surface area contributed by atoms with E-state index in [9.17, 15) is 5.26 Å². The predicted octanol–water partition coefficient (Wildman–Crippen LogP) is 3.34. The van der Waals surface area contributed by atoms with Crippen molar-refractivity contribution in [1.29, 1.82) is 5.26 Å². The van der Waals surface area contributed by atoms with Crippen LogP contribution in [0.1, 0.15) is 31.2 Å².